The number of carboxylic acids is 1. The van der Waals surface area contributed by atoms with Gasteiger partial charge >= 0.3 is 5.97 Å². The molecule has 3 heteroatoms. The Hall–Kier alpha value is -0.570. The van der Waals surface area contributed by atoms with Gasteiger partial charge in [-0.1, -0.05) is 129 Å². The fourth-order valence-corrected chi connectivity index (χ4v) is 3.73. The third kappa shape index (κ3) is 20.2. The van der Waals surface area contributed by atoms with Gasteiger partial charge in [0.15, 0.2) is 6.10 Å². The van der Waals surface area contributed by atoms with Crippen LogP contribution in [0.1, 0.15) is 142 Å². The Kier molecular flexibility index (Phi) is 22.3. The summed E-state index contributed by atoms with van der Waals surface area (Å²) in [6, 6.07) is 0. The van der Waals surface area contributed by atoms with Gasteiger partial charge in [0, 0.05) is 6.61 Å². The van der Waals surface area contributed by atoms with Gasteiger partial charge in [-0.05, 0) is 12.8 Å². The van der Waals surface area contributed by atoms with E-state index in [9.17, 15) is 9.90 Å². The van der Waals surface area contributed by atoms with Crippen molar-refractivity contribution in [3.63, 3.8) is 0 Å². The van der Waals surface area contributed by atoms with E-state index < -0.39 is 12.1 Å². The van der Waals surface area contributed by atoms with Gasteiger partial charge in [0.25, 0.3) is 0 Å². The maximum atomic E-state index is 11.4. The Morgan fingerprint density at radius 1 is 0.607 bits per heavy atom. The lowest BCUT2D eigenvalue weighted by Crippen LogP contribution is -2.24. The van der Waals surface area contributed by atoms with E-state index in [0.29, 0.717) is 13.0 Å². The number of rotatable bonds is 23. The molecule has 0 aliphatic rings. The molecule has 1 unspecified atom stereocenters. The summed E-state index contributed by atoms with van der Waals surface area (Å²) in [5.74, 6) is -0.786. The predicted octanol–water partition coefficient (Wildman–Crippen LogP) is 8.30. The van der Waals surface area contributed by atoms with Crippen LogP contribution >= 0.6 is 0 Å². The minimum absolute atomic E-state index is 0.594. The van der Waals surface area contributed by atoms with Crippen LogP contribution in [-0.2, 0) is 9.53 Å². The normalized spacial score (nSPS) is 12.4. The molecule has 0 aromatic rings. The van der Waals surface area contributed by atoms with Crippen molar-refractivity contribution >= 4 is 5.97 Å². The molecule has 1 atom stereocenters. The molecule has 0 aromatic carbocycles. The van der Waals surface area contributed by atoms with Crippen LogP contribution in [0.3, 0.4) is 0 Å². The fraction of sp³-hybridized carbons (Fsp3) is 0.960. The van der Waals surface area contributed by atoms with Crippen molar-refractivity contribution in [3.8, 4) is 0 Å². The predicted molar refractivity (Wildman–Crippen MR) is 121 cm³/mol. The van der Waals surface area contributed by atoms with Gasteiger partial charge in [-0.25, -0.2) is 4.79 Å². The molecular weight excluding hydrogens is 348 g/mol. The van der Waals surface area contributed by atoms with Crippen LogP contribution in [0, 0.1) is 0 Å². The molecule has 168 valence electrons. The topological polar surface area (TPSA) is 46.5 Å². The van der Waals surface area contributed by atoms with Gasteiger partial charge in [-0.3, -0.25) is 0 Å². The maximum Gasteiger partial charge on any atom is 0.332 e. The summed E-state index contributed by atoms with van der Waals surface area (Å²) in [4.78, 5) is 11.4. The number of hydrogen-bond donors (Lipinski definition) is 1. The third-order valence-electron chi connectivity index (χ3n) is 5.66. The molecule has 0 heterocycles. The van der Waals surface area contributed by atoms with E-state index in [1.54, 1.807) is 0 Å². The van der Waals surface area contributed by atoms with Crippen molar-refractivity contribution in [3.05, 3.63) is 0 Å². The zero-order valence-corrected chi connectivity index (χ0v) is 19.2. The first-order valence-electron chi connectivity index (χ1n) is 12.6. The fourth-order valence-electron chi connectivity index (χ4n) is 3.73. The number of hydrogen-bond acceptors (Lipinski definition) is 2. The molecule has 0 rings (SSSR count). The Morgan fingerprint density at radius 3 is 1.36 bits per heavy atom. The van der Waals surface area contributed by atoms with E-state index in [1.165, 1.54) is 103 Å². The van der Waals surface area contributed by atoms with Gasteiger partial charge < -0.3 is 9.84 Å². The average molecular weight is 399 g/mol. The minimum atomic E-state index is -0.786. The van der Waals surface area contributed by atoms with E-state index >= 15 is 0 Å². The smallest absolute Gasteiger partial charge is 0.332 e. The zero-order valence-electron chi connectivity index (χ0n) is 19.2. The van der Waals surface area contributed by atoms with Crippen molar-refractivity contribution in [2.24, 2.45) is 0 Å². The second-order valence-electron chi connectivity index (χ2n) is 8.50. The summed E-state index contributed by atoms with van der Waals surface area (Å²) in [7, 11) is 0. The van der Waals surface area contributed by atoms with Gasteiger partial charge in [-0.15, -0.1) is 0 Å². The highest BCUT2D eigenvalue weighted by Gasteiger charge is 2.16. The van der Waals surface area contributed by atoms with E-state index in [4.69, 9.17) is 4.74 Å². The van der Waals surface area contributed by atoms with Crippen LogP contribution < -0.4 is 0 Å². The lowest BCUT2D eigenvalue weighted by atomic mass is 10.0. The molecule has 0 spiro atoms. The molecule has 0 aromatic heterocycles. The largest absolute Gasteiger partial charge is 0.479 e. The number of carboxylic acid groups (broad SMARTS) is 1. The molecule has 0 fully saturated rings. The molecule has 0 radical (unpaired) electrons. The summed E-state index contributed by atoms with van der Waals surface area (Å²) < 4.78 is 5.65. The van der Waals surface area contributed by atoms with Crippen LogP contribution in [0.25, 0.3) is 0 Å². The third-order valence-corrected chi connectivity index (χ3v) is 5.66. The summed E-state index contributed by atoms with van der Waals surface area (Å²) in [6.45, 7) is 5.11. The first-order valence-corrected chi connectivity index (χ1v) is 12.6. The van der Waals surface area contributed by atoms with Crippen molar-refractivity contribution in [2.75, 3.05) is 6.61 Å². The minimum Gasteiger partial charge on any atom is -0.479 e. The van der Waals surface area contributed by atoms with Crippen molar-refractivity contribution in [1.29, 1.82) is 0 Å². The zero-order chi connectivity index (χ0) is 20.7. The maximum absolute atomic E-state index is 11.4. The Labute approximate surface area is 176 Å². The Bertz CT molecular complexity index is 317. The van der Waals surface area contributed by atoms with Gasteiger partial charge in [0.2, 0.25) is 0 Å². The quantitative estimate of drug-likeness (QED) is 0.176. The van der Waals surface area contributed by atoms with E-state index in [-0.39, 0.29) is 0 Å². The van der Waals surface area contributed by atoms with Gasteiger partial charge in [0.05, 0.1) is 0 Å². The highest BCUT2D eigenvalue weighted by atomic mass is 16.5. The van der Waals surface area contributed by atoms with E-state index in [2.05, 4.69) is 13.8 Å². The first-order chi connectivity index (χ1) is 13.7. The van der Waals surface area contributed by atoms with Crippen molar-refractivity contribution in [1.82, 2.24) is 0 Å². The molecule has 0 bridgehead atoms. The standard InChI is InChI=1S/C25H50O3/c1-3-5-7-9-11-13-15-17-19-21-23-28-24(25(26)27)22-20-18-16-14-12-10-8-6-4-2/h24H,3-23H2,1-2H3,(H,26,27). The number of ether oxygens (including phenoxy) is 1. The summed E-state index contributed by atoms with van der Waals surface area (Å²) >= 11 is 0. The van der Waals surface area contributed by atoms with Gasteiger partial charge in [-0.2, -0.15) is 0 Å². The molecule has 0 aliphatic carbocycles. The number of carbonyl (C=O) groups is 1. The molecule has 0 saturated heterocycles. The summed E-state index contributed by atoms with van der Waals surface area (Å²) in [6.07, 6.45) is 24.3. The molecular formula is C25H50O3. The Balaban J connectivity index is 3.45. The molecule has 28 heavy (non-hydrogen) atoms. The molecule has 0 amide bonds. The second kappa shape index (κ2) is 22.7. The Morgan fingerprint density at radius 2 is 0.964 bits per heavy atom. The highest BCUT2D eigenvalue weighted by Crippen LogP contribution is 2.14. The van der Waals surface area contributed by atoms with Crippen molar-refractivity contribution < 1.29 is 14.6 Å². The SMILES string of the molecule is CCCCCCCCCCCCOC(CCCCCCCCCCC)C(=O)O. The lowest BCUT2D eigenvalue weighted by Gasteiger charge is -2.13. The molecule has 3 nitrogen and oxygen atoms in total. The van der Waals surface area contributed by atoms with Crippen LogP contribution in [0.15, 0.2) is 0 Å². The molecule has 0 aliphatic heterocycles. The van der Waals surface area contributed by atoms with Gasteiger partial charge in [0.1, 0.15) is 0 Å². The number of aliphatic carboxylic acids is 1. The first kappa shape index (κ1) is 27.4. The van der Waals surface area contributed by atoms with E-state index in [0.717, 1.165) is 19.3 Å². The van der Waals surface area contributed by atoms with Crippen molar-refractivity contribution in [2.45, 2.75) is 148 Å². The lowest BCUT2D eigenvalue weighted by molar-refractivity contribution is -0.151. The second-order valence-corrected chi connectivity index (χ2v) is 8.50. The van der Waals surface area contributed by atoms with Crippen LogP contribution in [-0.4, -0.2) is 23.8 Å². The van der Waals surface area contributed by atoms with Crippen LogP contribution in [0.2, 0.25) is 0 Å². The monoisotopic (exact) mass is 398 g/mol. The highest BCUT2D eigenvalue weighted by molar-refractivity contribution is 5.72. The molecule has 0 saturated carbocycles. The molecule has 1 N–H and O–H groups in total. The van der Waals surface area contributed by atoms with Crippen LogP contribution in [0.4, 0.5) is 0 Å². The van der Waals surface area contributed by atoms with E-state index in [1.807, 2.05) is 0 Å². The summed E-state index contributed by atoms with van der Waals surface area (Å²) in [5, 5.41) is 9.33. The number of unbranched alkanes of at least 4 members (excludes halogenated alkanes) is 17. The van der Waals surface area contributed by atoms with Crippen LogP contribution in [0.5, 0.6) is 0 Å². The average Bonchev–Trinajstić information content (AvgIpc) is 2.68. The summed E-state index contributed by atoms with van der Waals surface area (Å²) in [5.41, 5.74) is 0.